The number of hydrogen-bond acceptors (Lipinski definition) is 4. The molecule has 4 N–H and O–H groups in total. The fraction of sp³-hybridized carbons (Fsp3) is 0.917. The maximum Gasteiger partial charge on any atom is 0.0830 e. The van der Waals surface area contributed by atoms with Crippen LogP contribution in [-0.4, -0.2) is 44.8 Å². The van der Waals surface area contributed by atoms with E-state index in [9.17, 15) is 20.4 Å². The van der Waals surface area contributed by atoms with Gasteiger partial charge in [0, 0.05) is 0 Å². The van der Waals surface area contributed by atoms with Crippen molar-refractivity contribution in [2.45, 2.75) is 70.4 Å². The third-order valence-electron chi connectivity index (χ3n) is 2.71. The van der Waals surface area contributed by atoms with E-state index < -0.39 is 24.4 Å². The largest absolute Gasteiger partial charge is 0.390 e. The Morgan fingerprint density at radius 1 is 0.875 bits per heavy atom. The predicted molar refractivity (Wildman–Crippen MR) is 62.8 cm³/mol. The molecule has 97 valence electrons. The van der Waals surface area contributed by atoms with Gasteiger partial charge in [-0.2, -0.15) is 0 Å². The van der Waals surface area contributed by atoms with Crippen LogP contribution in [0.15, 0.2) is 0 Å². The van der Waals surface area contributed by atoms with Gasteiger partial charge in [0.2, 0.25) is 0 Å². The zero-order valence-corrected chi connectivity index (χ0v) is 10.2. The van der Waals surface area contributed by atoms with E-state index in [0.717, 1.165) is 6.42 Å². The van der Waals surface area contributed by atoms with Gasteiger partial charge in [-0.25, -0.2) is 0 Å². The summed E-state index contributed by atoms with van der Waals surface area (Å²) in [6.07, 6.45) is 1.37. The van der Waals surface area contributed by atoms with Crippen LogP contribution in [0.5, 0.6) is 0 Å². The minimum atomic E-state index is -0.842. The molecule has 0 spiro atoms. The van der Waals surface area contributed by atoms with Gasteiger partial charge in [0.1, 0.15) is 0 Å². The Hall–Kier alpha value is -0.160. The molecule has 1 radical (unpaired) electrons. The smallest absolute Gasteiger partial charge is 0.0830 e. The monoisotopic (exact) mass is 233 g/mol. The Kier molecular flexibility index (Phi) is 8.84. The van der Waals surface area contributed by atoms with E-state index in [4.69, 9.17) is 0 Å². The summed E-state index contributed by atoms with van der Waals surface area (Å²) in [6.45, 7) is 3.74. The summed E-state index contributed by atoms with van der Waals surface area (Å²) in [5.74, 6) is 0. The molecule has 0 aliphatic heterocycles. The van der Waals surface area contributed by atoms with Crippen LogP contribution in [0.3, 0.4) is 0 Å². The summed E-state index contributed by atoms with van der Waals surface area (Å²) >= 11 is 0. The van der Waals surface area contributed by atoms with Crippen LogP contribution in [0.1, 0.15) is 46.0 Å². The van der Waals surface area contributed by atoms with Crippen LogP contribution < -0.4 is 0 Å². The van der Waals surface area contributed by atoms with E-state index >= 15 is 0 Å². The van der Waals surface area contributed by atoms with Crippen molar-refractivity contribution in [2.75, 3.05) is 0 Å². The Balaban J connectivity index is 3.64. The van der Waals surface area contributed by atoms with Gasteiger partial charge in [-0.1, -0.05) is 20.3 Å². The van der Waals surface area contributed by atoms with Crippen LogP contribution in [0.25, 0.3) is 0 Å². The SMILES string of the molecule is CCCC(O)C(O)[CH]CCC(O)C(O)CC. The number of aliphatic hydroxyl groups is 4. The van der Waals surface area contributed by atoms with Crippen LogP contribution in [0, 0.1) is 6.42 Å². The fourth-order valence-corrected chi connectivity index (χ4v) is 1.53. The molecule has 4 heteroatoms. The molecule has 16 heavy (non-hydrogen) atoms. The Bertz CT molecular complexity index is 163. The first-order valence-corrected chi connectivity index (χ1v) is 6.08. The third-order valence-corrected chi connectivity index (χ3v) is 2.71. The highest BCUT2D eigenvalue weighted by Gasteiger charge is 2.18. The van der Waals surface area contributed by atoms with Gasteiger partial charge < -0.3 is 20.4 Å². The van der Waals surface area contributed by atoms with Crippen molar-refractivity contribution in [1.29, 1.82) is 0 Å². The number of aliphatic hydroxyl groups excluding tert-OH is 4. The number of hydrogen-bond donors (Lipinski definition) is 4. The van der Waals surface area contributed by atoms with Gasteiger partial charge in [0.05, 0.1) is 24.4 Å². The van der Waals surface area contributed by atoms with E-state index in [0.29, 0.717) is 25.7 Å². The van der Waals surface area contributed by atoms with Gasteiger partial charge in [0.25, 0.3) is 0 Å². The summed E-state index contributed by atoms with van der Waals surface area (Å²) in [6, 6.07) is 0. The van der Waals surface area contributed by atoms with Gasteiger partial charge in [0.15, 0.2) is 0 Å². The van der Waals surface area contributed by atoms with Crippen LogP contribution >= 0.6 is 0 Å². The molecule has 0 aromatic carbocycles. The van der Waals surface area contributed by atoms with Crippen molar-refractivity contribution in [2.24, 2.45) is 0 Å². The zero-order chi connectivity index (χ0) is 12.6. The Labute approximate surface area is 97.9 Å². The van der Waals surface area contributed by atoms with Crippen molar-refractivity contribution in [3.8, 4) is 0 Å². The third kappa shape index (κ3) is 6.43. The highest BCUT2D eigenvalue weighted by molar-refractivity contribution is 4.83. The van der Waals surface area contributed by atoms with Gasteiger partial charge in [-0.05, 0) is 32.1 Å². The molecule has 0 aliphatic carbocycles. The second-order valence-electron chi connectivity index (χ2n) is 4.20. The maximum atomic E-state index is 9.51. The van der Waals surface area contributed by atoms with Gasteiger partial charge in [-0.3, -0.25) is 0 Å². The maximum absolute atomic E-state index is 9.51. The van der Waals surface area contributed by atoms with E-state index in [2.05, 4.69) is 0 Å². The average molecular weight is 233 g/mol. The lowest BCUT2D eigenvalue weighted by atomic mass is 10.00. The molecule has 0 fully saturated rings. The minimum absolute atomic E-state index is 0.408. The molecule has 0 aromatic rings. The van der Waals surface area contributed by atoms with Gasteiger partial charge in [-0.15, -0.1) is 0 Å². The standard InChI is InChI=1S/C12H25O4/c1-3-6-10(14)12(16)8-5-7-11(15)9(13)4-2/h8-16H,3-7H2,1-2H3. The topological polar surface area (TPSA) is 80.9 Å². The second kappa shape index (κ2) is 8.93. The van der Waals surface area contributed by atoms with E-state index in [1.54, 1.807) is 13.3 Å². The van der Waals surface area contributed by atoms with Crippen molar-refractivity contribution in [3.63, 3.8) is 0 Å². The lowest BCUT2D eigenvalue weighted by Crippen LogP contribution is -2.28. The number of rotatable bonds is 9. The summed E-state index contributed by atoms with van der Waals surface area (Å²) in [5.41, 5.74) is 0. The molecule has 0 amide bonds. The van der Waals surface area contributed by atoms with E-state index in [1.165, 1.54) is 0 Å². The van der Waals surface area contributed by atoms with Crippen molar-refractivity contribution in [3.05, 3.63) is 6.42 Å². The molecule has 4 unspecified atom stereocenters. The van der Waals surface area contributed by atoms with Crippen LogP contribution in [0.2, 0.25) is 0 Å². The Morgan fingerprint density at radius 3 is 2.00 bits per heavy atom. The second-order valence-corrected chi connectivity index (χ2v) is 4.20. The zero-order valence-electron chi connectivity index (χ0n) is 10.2. The van der Waals surface area contributed by atoms with Crippen molar-refractivity contribution in [1.82, 2.24) is 0 Å². The Morgan fingerprint density at radius 2 is 1.50 bits per heavy atom. The molecule has 0 saturated heterocycles. The fourth-order valence-electron chi connectivity index (χ4n) is 1.53. The summed E-state index contributed by atoms with van der Waals surface area (Å²) < 4.78 is 0. The molecule has 0 rings (SSSR count). The molecule has 0 aliphatic rings. The summed E-state index contributed by atoms with van der Waals surface area (Å²) in [5, 5.41) is 37.7. The van der Waals surface area contributed by atoms with Crippen LogP contribution in [0.4, 0.5) is 0 Å². The molecular weight excluding hydrogens is 208 g/mol. The van der Waals surface area contributed by atoms with Gasteiger partial charge >= 0.3 is 0 Å². The first-order valence-electron chi connectivity index (χ1n) is 6.08. The first kappa shape index (κ1) is 15.8. The highest BCUT2D eigenvalue weighted by Crippen LogP contribution is 2.12. The normalized spacial score (nSPS) is 19.1. The lowest BCUT2D eigenvalue weighted by molar-refractivity contribution is 0.00728. The molecule has 0 bridgehead atoms. The lowest BCUT2D eigenvalue weighted by Gasteiger charge is -2.19. The quantitative estimate of drug-likeness (QED) is 0.471. The van der Waals surface area contributed by atoms with E-state index in [-0.39, 0.29) is 0 Å². The molecular formula is C12H25O4. The molecule has 0 saturated carbocycles. The average Bonchev–Trinajstić information content (AvgIpc) is 2.27. The molecule has 4 atom stereocenters. The molecule has 4 nitrogen and oxygen atoms in total. The van der Waals surface area contributed by atoms with Crippen molar-refractivity contribution >= 4 is 0 Å². The van der Waals surface area contributed by atoms with Crippen LogP contribution in [-0.2, 0) is 0 Å². The molecule has 0 heterocycles. The minimum Gasteiger partial charge on any atom is -0.390 e. The highest BCUT2D eigenvalue weighted by atomic mass is 16.3. The van der Waals surface area contributed by atoms with E-state index in [1.807, 2.05) is 6.92 Å². The van der Waals surface area contributed by atoms with Crippen molar-refractivity contribution < 1.29 is 20.4 Å². The first-order chi connectivity index (χ1) is 7.52. The predicted octanol–water partition coefficient (Wildman–Crippen LogP) is 0.625. The summed E-state index contributed by atoms with van der Waals surface area (Å²) in [7, 11) is 0. The molecule has 0 aromatic heterocycles. The summed E-state index contributed by atoms with van der Waals surface area (Å²) in [4.78, 5) is 0.